The Labute approximate surface area is 156 Å². The fourth-order valence-corrected chi connectivity index (χ4v) is 3.88. The number of carbonyl (C=O) groups is 3. The third kappa shape index (κ3) is 5.07. The second kappa shape index (κ2) is 10.1. The Morgan fingerprint density at radius 2 is 2.15 bits per heavy atom. The highest BCUT2D eigenvalue weighted by Gasteiger charge is 2.41. The molecular formula is C15H27N5O5S. The first kappa shape index (κ1) is 20.9. The number of hydrogen-bond donors (Lipinski definition) is 6. The number of carbonyl (C=O) groups excluding carboxylic acids is 3. The Morgan fingerprint density at radius 3 is 2.77 bits per heavy atom. The molecule has 2 fully saturated rings. The Bertz CT molecular complexity index is 517. The summed E-state index contributed by atoms with van der Waals surface area (Å²) in [5.74, 6) is -2.67. The van der Waals surface area contributed by atoms with Crippen LogP contribution in [0.5, 0.6) is 0 Å². The molecule has 0 aromatic carbocycles. The van der Waals surface area contributed by atoms with Crippen molar-refractivity contribution in [1.82, 2.24) is 26.0 Å². The molecule has 26 heavy (non-hydrogen) atoms. The van der Waals surface area contributed by atoms with Crippen LogP contribution in [0.25, 0.3) is 0 Å². The van der Waals surface area contributed by atoms with E-state index >= 15 is 0 Å². The summed E-state index contributed by atoms with van der Waals surface area (Å²) in [7, 11) is 0. The quantitative estimate of drug-likeness (QED) is 0.174. The molecule has 0 saturated carbocycles. The zero-order valence-corrected chi connectivity index (χ0v) is 15.6. The molecule has 2 rings (SSSR count). The van der Waals surface area contributed by atoms with Gasteiger partial charge in [0.15, 0.2) is 0 Å². The first-order valence-electron chi connectivity index (χ1n) is 8.86. The van der Waals surface area contributed by atoms with Crippen LogP contribution in [0.2, 0.25) is 0 Å². The molecule has 3 amide bonds. The number of rotatable bonds is 8. The number of nitrogens with one attached hydrogen (secondary N) is 4. The van der Waals surface area contributed by atoms with E-state index in [4.69, 9.17) is 5.21 Å². The van der Waals surface area contributed by atoms with Gasteiger partial charge >= 0.3 is 0 Å². The largest absolute Gasteiger partial charge is 0.382 e. The Morgan fingerprint density at radius 1 is 1.38 bits per heavy atom. The number of aliphatic hydroxyl groups is 1. The molecule has 6 N–H and O–H groups in total. The van der Waals surface area contributed by atoms with Gasteiger partial charge in [-0.1, -0.05) is 19.8 Å². The van der Waals surface area contributed by atoms with E-state index in [0.29, 0.717) is 38.8 Å². The van der Waals surface area contributed by atoms with E-state index in [1.165, 1.54) is 22.3 Å². The number of unbranched alkanes of at least 4 members (excludes halogenated alkanes) is 1. The molecule has 1 unspecified atom stereocenters. The highest BCUT2D eigenvalue weighted by atomic mass is 32.2. The molecule has 11 heteroatoms. The SMILES string of the molecule is CCCC[C@@H](C(=O)N1CCC[C@H]1C(=O)NC1CNNS1)[C@H](O)C(=O)NO. The molecule has 0 spiro atoms. The Kier molecular flexibility index (Phi) is 8.10. The lowest BCUT2D eigenvalue weighted by molar-refractivity contribution is -0.152. The van der Waals surface area contributed by atoms with Crippen LogP contribution in [0.15, 0.2) is 0 Å². The standard InChI is InChI=1S/C15H27N5O5S/c1-2-3-5-9(12(21)14(23)18-25)15(24)20-7-4-6-10(20)13(22)17-11-8-16-19-26-11/h9-12,16,19,21,25H,2-8H2,1H3,(H,17,22)(H,18,23)/t9-,10+,11?,12+/m1/s1. The molecule has 0 bridgehead atoms. The number of nitrogens with zero attached hydrogens (tertiary/aromatic N) is 1. The lowest BCUT2D eigenvalue weighted by Crippen LogP contribution is -2.53. The molecule has 2 saturated heterocycles. The van der Waals surface area contributed by atoms with E-state index in [1.54, 1.807) is 0 Å². The second-order valence-electron chi connectivity index (χ2n) is 6.46. The van der Waals surface area contributed by atoms with Gasteiger partial charge in [0.25, 0.3) is 5.91 Å². The minimum Gasteiger partial charge on any atom is -0.382 e. The van der Waals surface area contributed by atoms with Gasteiger partial charge < -0.3 is 15.3 Å². The van der Waals surface area contributed by atoms with Gasteiger partial charge in [0.2, 0.25) is 11.8 Å². The number of hydrogen-bond acceptors (Lipinski definition) is 8. The van der Waals surface area contributed by atoms with Gasteiger partial charge in [-0.15, -0.1) is 0 Å². The van der Waals surface area contributed by atoms with Crippen LogP contribution in [0.1, 0.15) is 39.0 Å². The van der Waals surface area contributed by atoms with Crippen molar-refractivity contribution in [3.8, 4) is 0 Å². The van der Waals surface area contributed by atoms with Crippen LogP contribution >= 0.6 is 11.9 Å². The molecule has 4 atom stereocenters. The fraction of sp³-hybridized carbons (Fsp3) is 0.800. The molecular weight excluding hydrogens is 362 g/mol. The van der Waals surface area contributed by atoms with Crippen molar-refractivity contribution < 1.29 is 24.7 Å². The van der Waals surface area contributed by atoms with E-state index in [2.05, 4.69) is 15.6 Å². The summed E-state index contributed by atoms with van der Waals surface area (Å²) >= 11 is 1.35. The summed E-state index contributed by atoms with van der Waals surface area (Å²) in [6.45, 7) is 2.92. The van der Waals surface area contributed by atoms with Gasteiger partial charge in [-0.3, -0.25) is 19.6 Å². The van der Waals surface area contributed by atoms with Gasteiger partial charge in [-0.25, -0.2) is 10.9 Å². The fourth-order valence-electron chi connectivity index (χ4n) is 3.23. The highest BCUT2D eigenvalue weighted by molar-refractivity contribution is 7.98. The third-order valence-electron chi connectivity index (χ3n) is 4.65. The molecule has 0 aromatic heterocycles. The number of hydrazine groups is 1. The van der Waals surface area contributed by atoms with Crippen molar-refractivity contribution in [2.45, 2.75) is 56.5 Å². The maximum atomic E-state index is 13.0. The van der Waals surface area contributed by atoms with E-state index < -0.39 is 29.9 Å². The van der Waals surface area contributed by atoms with E-state index in [-0.39, 0.29) is 11.3 Å². The van der Waals surface area contributed by atoms with Crippen molar-refractivity contribution in [2.24, 2.45) is 5.92 Å². The summed E-state index contributed by atoms with van der Waals surface area (Å²) in [6, 6.07) is -0.614. The van der Waals surface area contributed by atoms with Crippen LogP contribution in [0.4, 0.5) is 0 Å². The summed E-state index contributed by atoms with van der Waals surface area (Å²) in [5.41, 5.74) is 4.29. The van der Waals surface area contributed by atoms with E-state index in [0.717, 1.165) is 6.42 Å². The highest BCUT2D eigenvalue weighted by Crippen LogP contribution is 2.25. The van der Waals surface area contributed by atoms with Crippen molar-refractivity contribution in [3.63, 3.8) is 0 Å². The maximum Gasteiger partial charge on any atom is 0.272 e. The minimum atomic E-state index is -1.65. The van der Waals surface area contributed by atoms with Gasteiger partial charge in [0.05, 0.1) is 5.92 Å². The summed E-state index contributed by atoms with van der Waals surface area (Å²) in [6.07, 6.45) is 1.32. The van der Waals surface area contributed by atoms with Gasteiger partial charge in [0, 0.05) is 13.1 Å². The van der Waals surface area contributed by atoms with Crippen LogP contribution in [-0.4, -0.2) is 63.5 Å². The monoisotopic (exact) mass is 389 g/mol. The Balaban J connectivity index is 2.06. The second-order valence-corrected chi connectivity index (χ2v) is 7.47. The minimum absolute atomic E-state index is 0.123. The summed E-state index contributed by atoms with van der Waals surface area (Å²) in [4.78, 5) is 41.4. The van der Waals surface area contributed by atoms with Crippen LogP contribution in [0.3, 0.4) is 0 Å². The number of likely N-dealkylation sites (tertiary alicyclic amines) is 1. The molecule has 0 radical (unpaired) electrons. The predicted molar refractivity (Wildman–Crippen MR) is 94.3 cm³/mol. The van der Waals surface area contributed by atoms with Crippen LogP contribution < -0.4 is 21.1 Å². The number of aliphatic hydroxyl groups excluding tert-OH is 1. The lowest BCUT2D eigenvalue weighted by Gasteiger charge is -2.30. The van der Waals surface area contributed by atoms with Crippen LogP contribution in [0, 0.1) is 5.92 Å². The molecule has 2 heterocycles. The average Bonchev–Trinajstić information content (AvgIpc) is 3.32. The lowest BCUT2D eigenvalue weighted by atomic mass is 9.93. The average molecular weight is 389 g/mol. The Hall–Kier alpha value is -1.40. The van der Waals surface area contributed by atoms with Crippen molar-refractivity contribution in [3.05, 3.63) is 0 Å². The van der Waals surface area contributed by atoms with E-state index in [9.17, 15) is 19.5 Å². The first-order valence-corrected chi connectivity index (χ1v) is 9.74. The predicted octanol–water partition coefficient (Wildman–Crippen LogP) is -1.15. The molecule has 148 valence electrons. The van der Waals surface area contributed by atoms with Crippen molar-refractivity contribution >= 4 is 29.7 Å². The van der Waals surface area contributed by atoms with Crippen molar-refractivity contribution in [2.75, 3.05) is 13.1 Å². The van der Waals surface area contributed by atoms with Gasteiger partial charge in [0.1, 0.15) is 17.5 Å². The topological polar surface area (TPSA) is 143 Å². The normalized spacial score (nSPS) is 25.0. The van der Waals surface area contributed by atoms with Crippen LogP contribution in [-0.2, 0) is 14.4 Å². The smallest absolute Gasteiger partial charge is 0.272 e. The van der Waals surface area contributed by atoms with E-state index in [1.807, 2.05) is 6.92 Å². The molecule has 2 aliphatic heterocycles. The molecule has 10 nitrogen and oxygen atoms in total. The summed E-state index contributed by atoms with van der Waals surface area (Å²) in [5, 5.41) is 21.7. The number of amides is 3. The van der Waals surface area contributed by atoms with Crippen molar-refractivity contribution in [1.29, 1.82) is 0 Å². The summed E-state index contributed by atoms with van der Waals surface area (Å²) < 4.78 is 0. The maximum absolute atomic E-state index is 13.0. The number of hydroxylamine groups is 1. The zero-order valence-electron chi connectivity index (χ0n) is 14.7. The molecule has 0 aliphatic carbocycles. The molecule has 2 aliphatic rings. The van der Waals surface area contributed by atoms with Gasteiger partial charge in [-0.2, -0.15) is 4.83 Å². The third-order valence-corrected chi connectivity index (χ3v) is 5.48. The molecule has 0 aromatic rings. The van der Waals surface area contributed by atoms with Gasteiger partial charge in [-0.05, 0) is 31.2 Å². The first-order chi connectivity index (χ1) is 12.5. The zero-order chi connectivity index (χ0) is 19.1.